The number of halogens is 1. The highest BCUT2D eigenvalue weighted by Crippen LogP contribution is 2.35. The number of ether oxygens (including phenoxy) is 2. The van der Waals surface area contributed by atoms with Crippen LogP contribution < -0.4 is 20.1 Å². The zero-order valence-electron chi connectivity index (χ0n) is 14.2. The second-order valence-electron chi connectivity index (χ2n) is 5.39. The lowest BCUT2D eigenvalue weighted by Crippen LogP contribution is -2.22. The van der Waals surface area contributed by atoms with Crippen LogP contribution in [-0.2, 0) is 4.79 Å². The molecule has 0 aromatic heterocycles. The second-order valence-corrected chi connectivity index (χ2v) is 5.80. The van der Waals surface area contributed by atoms with Crippen LogP contribution >= 0.6 is 11.6 Å². The first kappa shape index (κ1) is 17.9. The quantitative estimate of drug-likeness (QED) is 0.827. The number of rotatable bonds is 6. The third-order valence-electron chi connectivity index (χ3n) is 3.70. The van der Waals surface area contributed by atoms with Gasteiger partial charge < -0.3 is 20.1 Å². The van der Waals surface area contributed by atoms with Crippen LogP contribution in [0.25, 0.3) is 0 Å². The van der Waals surface area contributed by atoms with E-state index in [2.05, 4.69) is 10.6 Å². The van der Waals surface area contributed by atoms with E-state index in [1.165, 1.54) is 12.7 Å². The summed E-state index contributed by atoms with van der Waals surface area (Å²) < 4.78 is 10.5. The minimum absolute atomic E-state index is 0.0913. The SMILES string of the molecule is COc1cc(NCC(=O)Nc2ccc(C)c(C)c2)c(OC)cc1Cl. The van der Waals surface area contributed by atoms with E-state index in [9.17, 15) is 4.79 Å². The van der Waals surface area contributed by atoms with Crippen LogP contribution in [0.1, 0.15) is 11.1 Å². The minimum atomic E-state index is -0.158. The Kier molecular flexibility index (Phi) is 5.93. The standard InChI is InChI=1S/C18H21ClN2O3/c1-11-5-6-13(7-12(11)2)21-18(22)10-20-15-9-16(23-3)14(19)8-17(15)24-4/h5-9,20H,10H2,1-4H3,(H,21,22). The number of nitrogens with one attached hydrogen (secondary N) is 2. The van der Waals surface area contributed by atoms with Gasteiger partial charge in [-0.05, 0) is 37.1 Å². The summed E-state index contributed by atoms with van der Waals surface area (Å²) in [5, 5.41) is 6.34. The fourth-order valence-corrected chi connectivity index (χ4v) is 2.43. The summed E-state index contributed by atoms with van der Waals surface area (Å²) in [5.74, 6) is 0.892. The average Bonchev–Trinajstić information content (AvgIpc) is 2.56. The van der Waals surface area contributed by atoms with Crippen LogP contribution in [0, 0.1) is 13.8 Å². The van der Waals surface area contributed by atoms with Crippen molar-refractivity contribution in [1.29, 1.82) is 0 Å². The summed E-state index contributed by atoms with van der Waals surface area (Å²) in [6.45, 7) is 4.13. The molecule has 0 heterocycles. The molecule has 1 amide bonds. The highest BCUT2D eigenvalue weighted by atomic mass is 35.5. The number of aryl methyl sites for hydroxylation is 2. The van der Waals surface area contributed by atoms with Gasteiger partial charge in [-0.15, -0.1) is 0 Å². The van der Waals surface area contributed by atoms with Gasteiger partial charge in [0.25, 0.3) is 0 Å². The Bertz CT molecular complexity index is 747. The molecule has 128 valence electrons. The number of hydrogen-bond donors (Lipinski definition) is 2. The van der Waals surface area contributed by atoms with E-state index < -0.39 is 0 Å². The van der Waals surface area contributed by atoms with Crippen molar-refractivity contribution in [1.82, 2.24) is 0 Å². The van der Waals surface area contributed by atoms with Crippen molar-refractivity contribution in [3.8, 4) is 11.5 Å². The first-order valence-electron chi connectivity index (χ1n) is 7.47. The van der Waals surface area contributed by atoms with Crippen LogP contribution in [0.15, 0.2) is 30.3 Å². The van der Waals surface area contributed by atoms with E-state index in [1.54, 1.807) is 19.2 Å². The maximum absolute atomic E-state index is 12.1. The Hall–Kier alpha value is -2.40. The highest BCUT2D eigenvalue weighted by molar-refractivity contribution is 6.32. The van der Waals surface area contributed by atoms with Crippen molar-refractivity contribution in [3.05, 3.63) is 46.5 Å². The summed E-state index contributed by atoms with van der Waals surface area (Å²) in [5.41, 5.74) is 3.72. The lowest BCUT2D eigenvalue weighted by Gasteiger charge is -2.14. The Morgan fingerprint density at radius 2 is 1.75 bits per heavy atom. The maximum Gasteiger partial charge on any atom is 0.243 e. The molecule has 2 rings (SSSR count). The number of amides is 1. The van der Waals surface area contributed by atoms with Gasteiger partial charge in [0.05, 0.1) is 31.5 Å². The van der Waals surface area contributed by atoms with Crippen LogP contribution in [0.5, 0.6) is 11.5 Å². The molecule has 0 unspecified atom stereocenters. The normalized spacial score (nSPS) is 10.2. The molecule has 5 nitrogen and oxygen atoms in total. The van der Waals surface area contributed by atoms with Gasteiger partial charge in [0.15, 0.2) is 0 Å². The smallest absolute Gasteiger partial charge is 0.243 e. The zero-order chi connectivity index (χ0) is 17.7. The number of carbonyl (C=O) groups is 1. The molecule has 0 bridgehead atoms. The molecule has 0 aliphatic heterocycles. The van der Waals surface area contributed by atoms with Gasteiger partial charge in [0, 0.05) is 17.8 Å². The molecule has 24 heavy (non-hydrogen) atoms. The molecule has 2 N–H and O–H groups in total. The molecular weight excluding hydrogens is 328 g/mol. The summed E-state index contributed by atoms with van der Waals surface area (Å²) in [6.07, 6.45) is 0. The summed E-state index contributed by atoms with van der Waals surface area (Å²) in [6, 6.07) is 9.14. The molecular formula is C18H21ClN2O3. The fraction of sp³-hybridized carbons (Fsp3) is 0.278. The van der Waals surface area contributed by atoms with E-state index in [0.717, 1.165) is 11.3 Å². The molecule has 6 heteroatoms. The number of carbonyl (C=O) groups excluding carboxylic acids is 1. The van der Waals surface area contributed by atoms with Crippen LogP contribution in [-0.4, -0.2) is 26.7 Å². The van der Waals surface area contributed by atoms with Gasteiger partial charge in [-0.1, -0.05) is 17.7 Å². The number of methoxy groups -OCH3 is 2. The first-order chi connectivity index (χ1) is 11.4. The lowest BCUT2D eigenvalue weighted by atomic mass is 10.1. The van der Waals surface area contributed by atoms with E-state index >= 15 is 0 Å². The molecule has 0 saturated carbocycles. The average molecular weight is 349 g/mol. The highest BCUT2D eigenvalue weighted by Gasteiger charge is 2.11. The molecule has 0 spiro atoms. The Morgan fingerprint density at radius 1 is 1.04 bits per heavy atom. The van der Waals surface area contributed by atoms with E-state index in [0.29, 0.717) is 22.2 Å². The topological polar surface area (TPSA) is 59.6 Å². The predicted molar refractivity (Wildman–Crippen MR) is 97.6 cm³/mol. The molecule has 0 radical (unpaired) electrons. The van der Waals surface area contributed by atoms with Gasteiger partial charge >= 0.3 is 0 Å². The fourth-order valence-electron chi connectivity index (χ4n) is 2.20. The number of hydrogen-bond acceptors (Lipinski definition) is 4. The number of benzene rings is 2. The molecule has 0 aliphatic carbocycles. The van der Waals surface area contributed by atoms with Gasteiger partial charge in [0.1, 0.15) is 11.5 Å². The van der Waals surface area contributed by atoms with Gasteiger partial charge in [0.2, 0.25) is 5.91 Å². The first-order valence-corrected chi connectivity index (χ1v) is 7.85. The van der Waals surface area contributed by atoms with Crippen LogP contribution in [0.4, 0.5) is 11.4 Å². The molecule has 0 fully saturated rings. The van der Waals surface area contributed by atoms with Crippen molar-refractivity contribution in [3.63, 3.8) is 0 Å². The Morgan fingerprint density at radius 3 is 2.38 bits per heavy atom. The Labute approximate surface area is 146 Å². The summed E-state index contributed by atoms with van der Waals surface area (Å²) in [4.78, 5) is 12.1. The largest absolute Gasteiger partial charge is 0.495 e. The monoisotopic (exact) mass is 348 g/mol. The van der Waals surface area contributed by atoms with Gasteiger partial charge in [-0.3, -0.25) is 4.79 Å². The molecule has 0 saturated heterocycles. The lowest BCUT2D eigenvalue weighted by molar-refractivity contribution is -0.114. The molecule has 2 aromatic carbocycles. The van der Waals surface area contributed by atoms with Crippen molar-refractivity contribution >= 4 is 28.9 Å². The van der Waals surface area contributed by atoms with Crippen molar-refractivity contribution in [2.75, 3.05) is 31.4 Å². The molecule has 2 aromatic rings. The second kappa shape index (κ2) is 7.93. The van der Waals surface area contributed by atoms with E-state index in [1.807, 2.05) is 32.0 Å². The van der Waals surface area contributed by atoms with Crippen molar-refractivity contribution < 1.29 is 14.3 Å². The third kappa shape index (κ3) is 4.32. The predicted octanol–water partition coefficient (Wildman–Crippen LogP) is 4.02. The van der Waals surface area contributed by atoms with Crippen molar-refractivity contribution in [2.24, 2.45) is 0 Å². The van der Waals surface area contributed by atoms with E-state index in [-0.39, 0.29) is 12.5 Å². The van der Waals surface area contributed by atoms with Gasteiger partial charge in [-0.2, -0.15) is 0 Å². The van der Waals surface area contributed by atoms with E-state index in [4.69, 9.17) is 21.1 Å². The zero-order valence-corrected chi connectivity index (χ0v) is 15.0. The summed E-state index contributed by atoms with van der Waals surface area (Å²) in [7, 11) is 3.07. The summed E-state index contributed by atoms with van der Waals surface area (Å²) >= 11 is 6.07. The number of anilines is 2. The third-order valence-corrected chi connectivity index (χ3v) is 4.00. The van der Waals surface area contributed by atoms with Crippen LogP contribution in [0.3, 0.4) is 0 Å². The molecule has 0 atom stereocenters. The molecule has 0 aliphatic rings. The maximum atomic E-state index is 12.1. The van der Waals surface area contributed by atoms with Gasteiger partial charge in [-0.25, -0.2) is 0 Å². The minimum Gasteiger partial charge on any atom is -0.495 e. The Balaban J connectivity index is 2.04. The van der Waals surface area contributed by atoms with Crippen molar-refractivity contribution in [2.45, 2.75) is 13.8 Å². The van der Waals surface area contributed by atoms with Crippen LogP contribution in [0.2, 0.25) is 5.02 Å².